The minimum atomic E-state index is -4.54. The van der Waals surface area contributed by atoms with E-state index in [9.17, 15) is 56.7 Å². The number of nitrogens with zero attached hydrogens (tertiary/aromatic N) is 2. The first-order chi connectivity index (χ1) is 33.0. The van der Waals surface area contributed by atoms with Crippen LogP contribution < -0.4 is 4.90 Å². The molecule has 0 amide bonds. The average Bonchev–Trinajstić information content (AvgIpc) is 3.62. The molecular weight excluding hydrogens is 989 g/mol. The van der Waals surface area contributed by atoms with E-state index in [0.717, 1.165) is 64.9 Å². The van der Waals surface area contributed by atoms with Gasteiger partial charge in [0.15, 0.2) is 5.71 Å². The highest BCUT2D eigenvalue weighted by atomic mass is 32.2. The highest BCUT2D eigenvalue weighted by molar-refractivity contribution is 7.86. The van der Waals surface area contributed by atoms with Gasteiger partial charge in [-0.1, -0.05) is 64.1 Å². The number of carbonyl (C=O) groups excluding carboxylic acids is 1. The number of aryl methyl sites for hydroxylation is 1. The second-order valence-electron chi connectivity index (χ2n) is 20.1. The van der Waals surface area contributed by atoms with Crippen molar-refractivity contribution in [3.8, 4) is 0 Å². The van der Waals surface area contributed by atoms with Crippen molar-refractivity contribution in [2.75, 3.05) is 29.5 Å². The number of Topliss-reactive ketones (excluding diaryl/α,β-unsaturated/α-hetero) is 1. The Kier molecular flexibility index (Phi) is 17.1. The summed E-state index contributed by atoms with van der Waals surface area (Å²) in [7, 11) is -17.5. The van der Waals surface area contributed by atoms with Gasteiger partial charge in [0, 0.05) is 59.8 Å². The summed E-state index contributed by atoms with van der Waals surface area (Å²) >= 11 is 0. The van der Waals surface area contributed by atoms with Crippen molar-refractivity contribution >= 4 is 68.9 Å². The fourth-order valence-electron chi connectivity index (χ4n) is 10.0. The summed E-state index contributed by atoms with van der Waals surface area (Å²) in [5.41, 5.74) is 7.84. The number of fused-ring (bicyclic) bond motifs is 2. The largest absolute Gasteiger partial charge is 0.344 e. The summed E-state index contributed by atoms with van der Waals surface area (Å²) in [5, 5.41) is 0. The summed E-state index contributed by atoms with van der Waals surface area (Å²) in [5.74, 6) is -0.618. The van der Waals surface area contributed by atoms with Gasteiger partial charge in [-0.05, 0) is 141 Å². The van der Waals surface area contributed by atoms with E-state index in [4.69, 9.17) is 0 Å². The lowest BCUT2D eigenvalue weighted by Gasteiger charge is -2.28. The molecule has 0 unspecified atom stereocenters. The predicted molar refractivity (Wildman–Crippen MR) is 277 cm³/mol. The molecule has 3 aliphatic rings. The van der Waals surface area contributed by atoms with Gasteiger partial charge < -0.3 is 4.90 Å². The number of carbonyl (C=O) groups is 1. The number of unbranched alkanes of at least 4 members (excludes halogenated alkanes) is 3. The van der Waals surface area contributed by atoms with Crippen LogP contribution in [0, 0.1) is 5.92 Å². The first-order valence-electron chi connectivity index (χ1n) is 24.0. The summed E-state index contributed by atoms with van der Waals surface area (Å²) in [6.45, 7) is 12.3. The Balaban J connectivity index is 1.49. The number of anilines is 1. The quantitative estimate of drug-likeness (QED) is 0.0416. The van der Waals surface area contributed by atoms with Crippen LogP contribution in [0.15, 0.2) is 112 Å². The molecule has 3 aromatic rings. The monoisotopic (exact) mass is 1060 g/mol. The minimum absolute atomic E-state index is 0.0213. The normalized spacial score (nSPS) is 18.4. The van der Waals surface area contributed by atoms with Crippen molar-refractivity contribution in [2.24, 2.45) is 5.92 Å². The third-order valence-electron chi connectivity index (χ3n) is 13.8. The molecule has 0 radical (unpaired) electrons. The first kappa shape index (κ1) is 55.7. The SMILES string of the molecule is CC(C)C(=O)CCCCc1cccc(C2=C(/C=C/C3=[N+](CCCCS(=O)(=O)O)c4ccc(S(=O)(=O)O)cc4C3(C)C)CCC/C2=C/C=C2\N(CCCCS(=O)(=O)O)c3ccc(S(=O)(=O)O)cc3C2(C)C)c1. The molecule has 19 heteroatoms. The zero-order valence-corrected chi connectivity index (χ0v) is 44.5. The molecule has 0 saturated carbocycles. The van der Waals surface area contributed by atoms with E-state index < -0.39 is 62.8 Å². The highest BCUT2D eigenvalue weighted by Gasteiger charge is 2.45. The lowest BCUT2D eigenvalue weighted by atomic mass is 9.79. The molecule has 386 valence electrons. The van der Waals surface area contributed by atoms with E-state index in [1.54, 1.807) is 12.1 Å². The van der Waals surface area contributed by atoms with Crippen LogP contribution in [-0.4, -0.2) is 92.5 Å². The molecular formula is C52H67N2O13S4+. The van der Waals surface area contributed by atoms with E-state index in [2.05, 4.69) is 30.4 Å². The van der Waals surface area contributed by atoms with Gasteiger partial charge in [0.2, 0.25) is 5.69 Å². The molecule has 2 heterocycles. The molecule has 1 aliphatic carbocycles. The topological polar surface area (TPSA) is 241 Å². The number of ketones is 1. The molecule has 3 aromatic carbocycles. The van der Waals surface area contributed by atoms with Gasteiger partial charge in [0.25, 0.3) is 40.5 Å². The van der Waals surface area contributed by atoms with Crippen LogP contribution in [0.25, 0.3) is 5.57 Å². The van der Waals surface area contributed by atoms with Crippen LogP contribution in [-0.2, 0) is 62.5 Å². The fourth-order valence-corrected chi connectivity index (χ4v) is 12.2. The average molecular weight is 1060 g/mol. The van der Waals surface area contributed by atoms with Crippen molar-refractivity contribution in [1.29, 1.82) is 0 Å². The van der Waals surface area contributed by atoms with Crippen LogP contribution in [0.3, 0.4) is 0 Å². The Labute approximate surface area is 420 Å². The fraction of sp³-hybridized carbons (Fsp3) is 0.462. The standard InChI is InChI=1S/C52H66N2O13S4/c1-36(2)47(55)20-8-7-15-37-16-13-19-40(33-37)50-38(21-27-48-51(3,4)43-34-41(70(62,63)64)23-25-45(43)53(48)29-9-11-31-68(56,57)58)17-14-18-39(50)22-28-49-52(5,6)44-35-42(71(65,66)67)24-26-46(44)54(49)30-10-12-32-69(59,60)61/h13,16,19,21-28,33-36H,7-12,14-15,17-18,20,29-32H2,1-6H3,(H3-,56,57,58,59,60,61,62,63,64,65,66,67)/p+1. The summed E-state index contributed by atoms with van der Waals surface area (Å²) in [4.78, 5) is 13.9. The number of rotatable bonds is 22. The zero-order chi connectivity index (χ0) is 52.3. The lowest BCUT2D eigenvalue weighted by molar-refractivity contribution is -0.438. The molecule has 0 atom stereocenters. The first-order valence-corrected chi connectivity index (χ1v) is 30.1. The number of hydrogen-bond acceptors (Lipinski definition) is 10. The third kappa shape index (κ3) is 13.7. The molecule has 2 aliphatic heterocycles. The van der Waals surface area contributed by atoms with Gasteiger partial charge >= 0.3 is 0 Å². The van der Waals surface area contributed by atoms with Crippen LogP contribution in [0.2, 0.25) is 0 Å². The maximum absolute atomic E-state index is 12.4. The van der Waals surface area contributed by atoms with Crippen molar-refractivity contribution < 1.29 is 61.3 Å². The minimum Gasteiger partial charge on any atom is -0.344 e. The van der Waals surface area contributed by atoms with E-state index in [0.29, 0.717) is 67.7 Å². The zero-order valence-electron chi connectivity index (χ0n) is 41.3. The molecule has 0 bridgehead atoms. The summed E-state index contributed by atoms with van der Waals surface area (Å²) in [6.07, 6.45) is 14.3. The maximum Gasteiger partial charge on any atom is 0.294 e. The molecule has 6 rings (SSSR count). The number of hydrogen-bond donors (Lipinski definition) is 4. The van der Waals surface area contributed by atoms with Crippen molar-refractivity contribution in [2.45, 2.75) is 133 Å². The van der Waals surface area contributed by atoms with E-state index in [-0.39, 0.29) is 34.3 Å². The Morgan fingerprint density at radius 1 is 0.704 bits per heavy atom. The molecule has 0 spiro atoms. The highest BCUT2D eigenvalue weighted by Crippen LogP contribution is 2.49. The van der Waals surface area contributed by atoms with Gasteiger partial charge in [0.1, 0.15) is 12.3 Å². The van der Waals surface area contributed by atoms with Gasteiger partial charge in [-0.15, -0.1) is 0 Å². The number of allylic oxidation sites excluding steroid dienone is 8. The summed E-state index contributed by atoms with van der Waals surface area (Å²) < 4.78 is 137. The second-order valence-corrected chi connectivity index (χ2v) is 26.1. The van der Waals surface area contributed by atoms with Gasteiger partial charge in [-0.25, -0.2) is 0 Å². The molecule has 0 saturated heterocycles. The molecule has 0 aromatic heterocycles. The van der Waals surface area contributed by atoms with Crippen molar-refractivity contribution in [3.63, 3.8) is 0 Å². The van der Waals surface area contributed by atoms with Gasteiger partial charge in [-0.3, -0.25) is 23.0 Å². The van der Waals surface area contributed by atoms with Crippen LogP contribution >= 0.6 is 0 Å². The van der Waals surface area contributed by atoms with E-state index in [1.807, 2.05) is 69.2 Å². The lowest BCUT2D eigenvalue weighted by Crippen LogP contribution is -2.28. The molecule has 71 heavy (non-hydrogen) atoms. The Morgan fingerprint density at radius 3 is 1.97 bits per heavy atom. The van der Waals surface area contributed by atoms with Crippen LogP contribution in [0.5, 0.6) is 0 Å². The van der Waals surface area contributed by atoms with Gasteiger partial charge in [0.05, 0.1) is 26.7 Å². The summed E-state index contributed by atoms with van der Waals surface area (Å²) in [6, 6.07) is 17.2. The third-order valence-corrected chi connectivity index (χ3v) is 17.1. The maximum atomic E-state index is 12.4. The van der Waals surface area contributed by atoms with Crippen LogP contribution in [0.1, 0.15) is 128 Å². The van der Waals surface area contributed by atoms with Crippen LogP contribution in [0.4, 0.5) is 11.4 Å². The Morgan fingerprint density at radius 2 is 1.34 bits per heavy atom. The Hall–Kier alpha value is -4.60. The molecule has 0 fully saturated rings. The molecule has 15 nitrogen and oxygen atoms in total. The second kappa shape index (κ2) is 21.9. The smallest absolute Gasteiger partial charge is 0.294 e. The Bertz CT molecular complexity index is 3180. The number of benzene rings is 3. The van der Waals surface area contributed by atoms with Gasteiger partial charge in [-0.2, -0.15) is 38.2 Å². The van der Waals surface area contributed by atoms with E-state index >= 15 is 0 Å². The van der Waals surface area contributed by atoms with E-state index in [1.165, 1.54) is 24.3 Å². The predicted octanol–water partition coefficient (Wildman–Crippen LogP) is 9.63. The van der Waals surface area contributed by atoms with Crippen molar-refractivity contribution in [1.82, 2.24) is 0 Å². The van der Waals surface area contributed by atoms with Crippen molar-refractivity contribution in [3.05, 3.63) is 124 Å². The molecule has 4 N–H and O–H groups in total.